The van der Waals surface area contributed by atoms with Gasteiger partial charge in [0.15, 0.2) is 6.10 Å². The number of hydrogen-bond acceptors (Lipinski definition) is 5. The average molecular weight is 478 g/mol. The molecule has 0 bridgehead atoms. The predicted octanol–water partition coefficient (Wildman–Crippen LogP) is 3.49. The molecule has 0 radical (unpaired) electrons. The van der Waals surface area contributed by atoms with Crippen molar-refractivity contribution in [1.82, 2.24) is 4.31 Å². The summed E-state index contributed by atoms with van der Waals surface area (Å²) in [6.07, 6.45) is 0.738. The lowest BCUT2D eigenvalue weighted by Gasteiger charge is -2.31. The first-order chi connectivity index (χ1) is 15.3. The average Bonchev–Trinajstić information content (AvgIpc) is 2.79. The van der Waals surface area contributed by atoms with Crippen molar-refractivity contribution in [2.24, 2.45) is 5.92 Å². The second-order valence-electron chi connectivity index (χ2n) is 7.81. The summed E-state index contributed by atoms with van der Waals surface area (Å²) in [5.41, 5.74) is 0.882. The Bertz CT molecular complexity index is 1150. The number of para-hydroxylation sites is 1. The molecule has 0 aromatic heterocycles. The summed E-state index contributed by atoms with van der Waals surface area (Å²) in [6, 6.07) is 11.4. The van der Waals surface area contributed by atoms with E-state index in [2.05, 4.69) is 10.6 Å². The SMILES string of the molecule is CC[C@H]1Oc2ccc(S(=O)(=O)N3CCC(C(=O)Nc4ccccc4Cl)CC3)cc2NC1=O. The van der Waals surface area contributed by atoms with Crippen LogP contribution in [-0.4, -0.2) is 43.7 Å². The first-order valence-corrected chi connectivity index (χ1v) is 12.3. The molecular weight excluding hydrogens is 454 g/mol. The fourth-order valence-corrected chi connectivity index (χ4v) is 5.54. The Balaban J connectivity index is 1.42. The van der Waals surface area contributed by atoms with Crippen LogP contribution in [0.1, 0.15) is 26.2 Å². The second-order valence-corrected chi connectivity index (χ2v) is 10.2. The van der Waals surface area contributed by atoms with Gasteiger partial charge in [0.05, 0.1) is 21.3 Å². The van der Waals surface area contributed by atoms with Gasteiger partial charge < -0.3 is 15.4 Å². The molecule has 2 aromatic rings. The molecule has 8 nitrogen and oxygen atoms in total. The van der Waals surface area contributed by atoms with Crippen molar-refractivity contribution in [3.8, 4) is 5.75 Å². The van der Waals surface area contributed by atoms with E-state index >= 15 is 0 Å². The van der Waals surface area contributed by atoms with E-state index in [0.717, 1.165) is 0 Å². The molecule has 2 aliphatic rings. The summed E-state index contributed by atoms with van der Waals surface area (Å²) in [5.74, 6) is -0.320. The largest absolute Gasteiger partial charge is 0.478 e. The third kappa shape index (κ3) is 4.46. The van der Waals surface area contributed by atoms with Gasteiger partial charge in [0.2, 0.25) is 15.9 Å². The smallest absolute Gasteiger partial charge is 0.265 e. The molecule has 0 aliphatic carbocycles. The Morgan fingerprint density at radius 1 is 1.22 bits per heavy atom. The zero-order chi connectivity index (χ0) is 22.9. The quantitative estimate of drug-likeness (QED) is 0.685. The van der Waals surface area contributed by atoms with Crippen LogP contribution in [0.2, 0.25) is 5.02 Å². The minimum Gasteiger partial charge on any atom is -0.478 e. The first-order valence-electron chi connectivity index (χ1n) is 10.5. The van der Waals surface area contributed by atoms with Crippen LogP contribution >= 0.6 is 11.6 Å². The van der Waals surface area contributed by atoms with Crippen LogP contribution in [0.25, 0.3) is 0 Å². The molecule has 2 aliphatic heterocycles. The van der Waals surface area contributed by atoms with Gasteiger partial charge in [0.1, 0.15) is 5.75 Å². The van der Waals surface area contributed by atoms with Crippen LogP contribution in [0.5, 0.6) is 5.75 Å². The number of nitrogens with one attached hydrogen (secondary N) is 2. The number of fused-ring (bicyclic) bond motifs is 1. The van der Waals surface area contributed by atoms with Gasteiger partial charge >= 0.3 is 0 Å². The normalized spacial score (nSPS) is 19.6. The van der Waals surface area contributed by atoms with Crippen LogP contribution in [0, 0.1) is 5.92 Å². The van der Waals surface area contributed by atoms with E-state index in [-0.39, 0.29) is 35.7 Å². The number of benzene rings is 2. The van der Waals surface area contributed by atoms with Crippen molar-refractivity contribution < 1.29 is 22.7 Å². The first kappa shape index (κ1) is 22.6. The van der Waals surface area contributed by atoms with Crippen molar-refractivity contribution in [3.05, 3.63) is 47.5 Å². The summed E-state index contributed by atoms with van der Waals surface area (Å²) in [5, 5.41) is 5.99. The molecule has 1 fully saturated rings. The minimum atomic E-state index is -3.77. The molecule has 4 rings (SSSR count). The number of piperidine rings is 1. The number of amides is 2. The third-order valence-electron chi connectivity index (χ3n) is 5.74. The van der Waals surface area contributed by atoms with Gasteiger partial charge in [-0.1, -0.05) is 30.7 Å². The van der Waals surface area contributed by atoms with E-state index in [9.17, 15) is 18.0 Å². The van der Waals surface area contributed by atoms with Gasteiger partial charge in [0.25, 0.3) is 5.91 Å². The van der Waals surface area contributed by atoms with Gasteiger partial charge in [-0.15, -0.1) is 0 Å². The van der Waals surface area contributed by atoms with E-state index in [0.29, 0.717) is 41.4 Å². The Kier molecular flexibility index (Phi) is 6.41. The maximum atomic E-state index is 13.1. The number of hydrogen-bond donors (Lipinski definition) is 2. The summed E-state index contributed by atoms with van der Waals surface area (Å²) in [7, 11) is -3.77. The van der Waals surface area contributed by atoms with Crippen LogP contribution in [0.3, 0.4) is 0 Å². The molecule has 2 aromatic carbocycles. The predicted molar refractivity (Wildman–Crippen MR) is 121 cm³/mol. The van der Waals surface area contributed by atoms with E-state index < -0.39 is 16.1 Å². The van der Waals surface area contributed by atoms with E-state index in [1.54, 1.807) is 30.3 Å². The highest BCUT2D eigenvalue weighted by Gasteiger charge is 2.34. The lowest BCUT2D eigenvalue weighted by molar-refractivity contribution is -0.123. The summed E-state index contributed by atoms with van der Waals surface area (Å²) >= 11 is 6.10. The monoisotopic (exact) mass is 477 g/mol. The lowest BCUT2D eigenvalue weighted by atomic mass is 9.97. The highest BCUT2D eigenvalue weighted by atomic mass is 35.5. The molecule has 170 valence electrons. The number of carbonyl (C=O) groups excluding carboxylic acids is 2. The van der Waals surface area contributed by atoms with Crippen molar-refractivity contribution in [2.45, 2.75) is 37.2 Å². The number of rotatable bonds is 5. The van der Waals surface area contributed by atoms with Gasteiger partial charge in [-0.2, -0.15) is 4.31 Å². The Morgan fingerprint density at radius 3 is 2.62 bits per heavy atom. The Morgan fingerprint density at radius 2 is 1.94 bits per heavy atom. The molecule has 0 saturated carbocycles. The number of ether oxygens (including phenoxy) is 1. The topological polar surface area (TPSA) is 105 Å². The highest BCUT2D eigenvalue weighted by Crippen LogP contribution is 2.34. The number of anilines is 2. The van der Waals surface area contributed by atoms with Gasteiger partial charge in [-0.05, 0) is 49.6 Å². The highest BCUT2D eigenvalue weighted by molar-refractivity contribution is 7.89. The van der Waals surface area contributed by atoms with Crippen molar-refractivity contribution >= 4 is 44.8 Å². The van der Waals surface area contributed by atoms with Crippen molar-refractivity contribution in [3.63, 3.8) is 0 Å². The van der Waals surface area contributed by atoms with Crippen LogP contribution in [0.4, 0.5) is 11.4 Å². The lowest BCUT2D eigenvalue weighted by Crippen LogP contribution is -2.41. The molecule has 2 amide bonds. The number of halogens is 1. The maximum Gasteiger partial charge on any atom is 0.265 e. The van der Waals surface area contributed by atoms with Crippen molar-refractivity contribution in [1.29, 1.82) is 0 Å². The molecule has 2 heterocycles. The summed E-state index contributed by atoms with van der Waals surface area (Å²) in [4.78, 5) is 24.7. The number of nitrogens with zero attached hydrogens (tertiary/aromatic N) is 1. The Labute approximate surface area is 191 Å². The summed E-state index contributed by atoms with van der Waals surface area (Å²) in [6.45, 7) is 2.29. The van der Waals surface area contributed by atoms with Gasteiger partial charge in [-0.25, -0.2) is 8.42 Å². The van der Waals surface area contributed by atoms with E-state index in [1.807, 2.05) is 6.92 Å². The van der Waals surface area contributed by atoms with Crippen LogP contribution in [-0.2, 0) is 19.6 Å². The zero-order valence-corrected chi connectivity index (χ0v) is 19.1. The fraction of sp³-hybridized carbons (Fsp3) is 0.364. The standard InChI is InChI=1S/C22H24ClN3O5S/c1-2-19-22(28)25-18-13-15(7-8-20(18)31-19)32(29,30)26-11-9-14(10-12-26)21(27)24-17-6-4-3-5-16(17)23/h3-8,13-14,19H,2,9-12H2,1H3,(H,24,27)(H,25,28)/t19-/m1/s1. The second kappa shape index (κ2) is 9.09. The molecule has 0 spiro atoms. The zero-order valence-electron chi connectivity index (χ0n) is 17.5. The maximum absolute atomic E-state index is 13.1. The molecule has 32 heavy (non-hydrogen) atoms. The molecule has 0 unspecified atom stereocenters. The van der Waals surface area contributed by atoms with E-state index in [1.165, 1.54) is 16.4 Å². The molecule has 2 N–H and O–H groups in total. The van der Waals surface area contributed by atoms with Crippen LogP contribution in [0.15, 0.2) is 47.4 Å². The number of carbonyl (C=O) groups is 2. The summed E-state index contributed by atoms with van der Waals surface area (Å²) < 4.78 is 33.3. The van der Waals surface area contributed by atoms with Gasteiger partial charge in [0, 0.05) is 19.0 Å². The van der Waals surface area contributed by atoms with E-state index in [4.69, 9.17) is 16.3 Å². The molecule has 1 atom stereocenters. The molecule has 10 heteroatoms. The minimum absolute atomic E-state index is 0.0778. The third-order valence-corrected chi connectivity index (χ3v) is 7.96. The Hall–Kier alpha value is -2.62. The molecular formula is C22H24ClN3O5S. The fourth-order valence-electron chi connectivity index (χ4n) is 3.86. The number of sulfonamides is 1. The molecule has 1 saturated heterocycles. The van der Waals surface area contributed by atoms with Crippen molar-refractivity contribution in [2.75, 3.05) is 23.7 Å². The van der Waals surface area contributed by atoms with Crippen LogP contribution < -0.4 is 15.4 Å². The van der Waals surface area contributed by atoms with Gasteiger partial charge in [-0.3, -0.25) is 9.59 Å².